The molecular formula is C13H11BrCl2N2. The van der Waals surface area contributed by atoms with Gasteiger partial charge in [0.15, 0.2) is 0 Å². The molecule has 0 amide bonds. The molecule has 18 heavy (non-hydrogen) atoms. The molecule has 1 atom stereocenters. The van der Waals surface area contributed by atoms with Gasteiger partial charge in [-0.15, -0.1) is 0 Å². The van der Waals surface area contributed by atoms with E-state index in [1.165, 1.54) is 0 Å². The Hall–Kier alpha value is -0.770. The van der Waals surface area contributed by atoms with Crippen molar-refractivity contribution in [3.63, 3.8) is 0 Å². The molecule has 0 radical (unpaired) electrons. The maximum Gasteiger partial charge on any atom is 0.143 e. The minimum Gasteiger partial charge on any atom is -0.377 e. The van der Waals surface area contributed by atoms with Crippen LogP contribution in [0, 0.1) is 0 Å². The number of halogens is 3. The summed E-state index contributed by atoms with van der Waals surface area (Å²) in [6, 6.07) is 9.80. The summed E-state index contributed by atoms with van der Waals surface area (Å²) < 4.78 is 0.771. The average Bonchev–Trinajstić information content (AvgIpc) is 2.34. The van der Waals surface area contributed by atoms with Gasteiger partial charge in [-0.2, -0.15) is 0 Å². The molecule has 0 fully saturated rings. The van der Waals surface area contributed by atoms with Gasteiger partial charge >= 0.3 is 0 Å². The molecule has 1 aromatic carbocycles. The molecule has 1 aromatic heterocycles. The lowest BCUT2D eigenvalue weighted by molar-refractivity contribution is 0.883. The number of nitrogens with zero attached hydrogens (tertiary/aromatic N) is 1. The lowest BCUT2D eigenvalue weighted by atomic mass is 10.1. The number of aromatic nitrogens is 1. The molecule has 5 heteroatoms. The second-order valence-electron chi connectivity index (χ2n) is 3.92. The smallest absolute Gasteiger partial charge is 0.143 e. The summed E-state index contributed by atoms with van der Waals surface area (Å²) in [5.41, 5.74) is 2.02. The lowest BCUT2D eigenvalue weighted by Crippen LogP contribution is -2.06. The average molecular weight is 346 g/mol. The molecule has 2 rings (SSSR count). The number of nitrogens with one attached hydrogen (secondary N) is 1. The van der Waals surface area contributed by atoms with Crippen LogP contribution in [-0.4, -0.2) is 4.98 Å². The summed E-state index contributed by atoms with van der Waals surface area (Å²) in [4.78, 5) is 4.07. The van der Waals surface area contributed by atoms with Gasteiger partial charge in [0.1, 0.15) is 5.15 Å². The van der Waals surface area contributed by atoms with E-state index in [1.807, 2.05) is 30.3 Å². The van der Waals surface area contributed by atoms with Crippen molar-refractivity contribution in [1.29, 1.82) is 0 Å². The molecule has 0 aliphatic heterocycles. The van der Waals surface area contributed by atoms with Gasteiger partial charge in [-0.05, 0) is 46.6 Å². The Balaban J connectivity index is 2.16. The van der Waals surface area contributed by atoms with E-state index in [4.69, 9.17) is 23.2 Å². The zero-order valence-corrected chi connectivity index (χ0v) is 12.7. The molecule has 0 aliphatic carbocycles. The van der Waals surface area contributed by atoms with Gasteiger partial charge in [-0.25, -0.2) is 4.98 Å². The van der Waals surface area contributed by atoms with E-state index in [0.717, 1.165) is 20.7 Å². The second-order valence-corrected chi connectivity index (χ2v) is 5.57. The normalized spacial score (nSPS) is 12.2. The molecule has 1 unspecified atom stereocenters. The number of hydrogen-bond acceptors (Lipinski definition) is 2. The van der Waals surface area contributed by atoms with Crippen LogP contribution in [-0.2, 0) is 0 Å². The van der Waals surface area contributed by atoms with E-state index in [2.05, 4.69) is 33.2 Å². The van der Waals surface area contributed by atoms with Crippen LogP contribution in [0.4, 0.5) is 5.69 Å². The molecule has 0 saturated heterocycles. The van der Waals surface area contributed by atoms with Gasteiger partial charge in [0.25, 0.3) is 0 Å². The van der Waals surface area contributed by atoms with Crippen LogP contribution in [0.15, 0.2) is 41.0 Å². The van der Waals surface area contributed by atoms with Crippen LogP contribution in [0.3, 0.4) is 0 Å². The Morgan fingerprint density at radius 1 is 1.28 bits per heavy atom. The summed E-state index contributed by atoms with van der Waals surface area (Å²) in [6.45, 7) is 2.06. The molecule has 0 aliphatic rings. The first-order chi connectivity index (χ1) is 8.56. The molecule has 0 spiro atoms. The number of pyridine rings is 1. The molecule has 0 bridgehead atoms. The van der Waals surface area contributed by atoms with Gasteiger partial charge in [-0.1, -0.05) is 35.3 Å². The Kier molecular flexibility index (Phi) is 4.49. The largest absolute Gasteiger partial charge is 0.377 e. The fourth-order valence-electron chi connectivity index (χ4n) is 1.61. The molecule has 0 saturated carbocycles. The molecule has 94 valence electrons. The predicted molar refractivity (Wildman–Crippen MR) is 80.4 cm³/mol. The van der Waals surface area contributed by atoms with Gasteiger partial charge in [0.05, 0.1) is 16.4 Å². The van der Waals surface area contributed by atoms with Crippen molar-refractivity contribution in [2.45, 2.75) is 13.0 Å². The third-order valence-corrected chi connectivity index (χ3v) is 3.90. The van der Waals surface area contributed by atoms with Crippen LogP contribution >= 0.6 is 39.1 Å². The van der Waals surface area contributed by atoms with Crippen molar-refractivity contribution in [1.82, 2.24) is 4.98 Å². The zero-order chi connectivity index (χ0) is 13.1. The third kappa shape index (κ3) is 3.37. The van der Waals surface area contributed by atoms with Crippen molar-refractivity contribution < 1.29 is 0 Å². The van der Waals surface area contributed by atoms with Crippen molar-refractivity contribution in [3.05, 3.63) is 56.7 Å². The standard InChI is InChI=1S/C13H11BrCl2N2/c1-8(9-3-2-4-10(15)5-9)18-11-6-12(14)13(16)17-7-11/h2-8,18H,1H3. The Labute approximate surface area is 124 Å². The highest BCUT2D eigenvalue weighted by Crippen LogP contribution is 2.26. The third-order valence-electron chi connectivity index (χ3n) is 2.53. The van der Waals surface area contributed by atoms with E-state index in [1.54, 1.807) is 6.20 Å². The Bertz CT molecular complexity index is 560. The molecule has 2 aromatic rings. The molecule has 2 nitrogen and oxygen atoms in total. The van der Waals surface area contributed by atoms with Crippen molar-refractivity contribution in [3.8, 4) is 0 Å². The lowest BCUT2D eigenvalue weighted by Gasteiger charge is -2.16. The summed E-state index contributed by atoms with van der Waals surface area (Å²) in [5, 5.41) is 4.53. The quantitative estimate of drug-likeness (QED) is 0.761. The first kappa shape index (κ1) is 13.7. The fraction of sp³-hybridized carbons (Fsp3) is 0.154. The summed E-state index contributed by atoms with van der Waals surface area (Å²) >= 11 is 15.2. The first-order valence-electron chi connectivity index (χ1n) is 5.39. The van der Waals surface area contributed by atoms with Crippen molar-refractivity contribution in [2.75, 3.05) is 5.32 Å². The van der Waals surface area contributed by atoms with Crippen LogP contribution in [0.25, 0.3) is 0 Å². The molecule has 1 N–H and O–H groups in total. The predicted octanol–water partition coefficient (Wildman–Crippen LogP) is 5.32. The zero-order valence-electron chi connectivity index (χ0n) is 9.62. The number of rotatable bonds is 3. The van der Waals surface area contributed by atoms with Gasteiger partial charge in [-0.3, -0.25) is 0 Å². The van der Waals surface area contributed by atoms with Crippen LogP contribution < -0.4 is 5.32 Å². The van der Waals surface area contributed by atoms with E-state index in [-0.39, 0.29) is 6.04 Å². The summed E-state index contributed by atoms with van der Waals surface area (Å²) in [6.07, 6.45) is 1.70. The fourth-order valence-corrected chi connectivity index (χ4v) is 2.26. The molecular weight excluding hydrogens is 335 g/mol. The van der Waals surface area contributed by atoms with Crippen LogP contribution in [0.5, 0.6) is 0 Å². The summed E-state index contributed by atoms with van der Waals surface area (Å²) in [7, 11) is 0. The highest BCUT2D eigenvalue weighted by atomic mass is 79.9. The highest BCUT2D eigenvalue weighted by Gasteiger charge is 2.07. The molecule has 1 heterocycles. The summed E-state index contributed by atoms with van der Waals surface area (Å²) in [5.74, 6) is 0. The van der Waals surface area contributed by atoms with Crippen molar-refractivity contribution >= 4 is 44.8 Å². The van der Waals surface area contributed by atoms with Crippen LogP contribution in [0.2, 0.25) is 10.2 Å². The van der Waals surface area contributed by atoms with Gasteiger partial charge in [0.2, 0.25) is 0 Å². The van der Waals surface area contributed by atoms with Crippen molar-refractivity contribution in [2.24, 2.45) is 0 Å². The van der Waals surface area contributed by atoms with Gasteiger partial charge in [0, 0.05) is 11.1 Å². The van der Waals surface area contributed by atoms with E-state index in [9.17, 15) is 0 Å². The SMILES string of the molecule is CC(Nc1cnc(Cl)c(Br)c1)c1cccc(Cl)c1. The number of anilines is 1. The minimum atomic E-state index is 0.138. The number of benzene rings is 1. The Morgan fingerprint density at radius 2 is 2.06 bits per heavy atom. The Morgan fingerprint density at radius 3 is 2.72 bits per heavy atom. The highest BCUT2D eigenvalue weighted by molar-refractivity contribution is 9.10. The van der Waals surface area contributed by atoms with Crippen LogP contribution in [0.1, 0.15) is 18.5 Å². The minimum absolute atomic E-state index is 0.138. The van der Waals surface area contributed by atoms with E-state index in [0.29, 0.717) is 5.15 Å². The first-order valence-corrected chi connectivity index (χ1v) is 6.94. The van der Waals surface area contributed by atoms with E-state index >= 15 is 0 Å². The number of hydrogen-bond donors (Lipinski definition) is 1. The van der Waals surface area contributed by atoms with Gasteiger partial charge < -0.3 is 5.32 Å². The monoisotopic (exact) mass is 344 g/mol. The maximum absolute atomic E-state index is 5.97. The maximum atomic E-state index is 5.97. The second kappa shape index (κ2) is 5.91. The topological polar surface area (TPSA) is 24.9 Å². The van der Waals surface area contributed by atoms with E-state index < -0.39 is 0 Å².